The first-order chi connectivity index (χ1) is 66.6. The smallest absolute Gasteiger partial charge is 0.303 e. The Morgan fingerprint density at radius 2 is 0.703 bits per heavy atom. The molecule has 10 rings (SSSR count). The van der Waals surface area contributed by atoms with Crippen LogP contribution in [0.4, 0.5) is 0 Å². The zero-order chi connectivity index (χ0) is 98.6. The van der Waals surface area contributed by atoms with E-state index in [-0.39, 0.29) is 224 Å². The number of nitrogens with zero attached hydrogens (tertiary/aromatic N) is 9. The molecule has 15 atom stereocenters. The normalized spacial score (nSPS) is 24.4. The number of amides is 4. The third kappa shape index (κ3) is 36.5. The fourth-order valence-electron chi connectivity index (χ4n) is 15.3. The molecule has 138 heavy (non-hydrogen) atoms. The fourth-order valence-corrected chi connectivity index (χ4v) is 15.3. The van der Waals surface area contributed by atoms with Gasteiger partial charge in [0.15, 0.2) is 60.4 Å². The van der Waals surface area contributed by atoms with Crippen LogP contribution in [0.1, 0.15) is 97.8 Å². The van der Waals surface area contributed by atoms with Crippen molar-refractivity contribution in [2.24, 2.45) is 0 Å². The highest BCUT2D eigenvalue weighted by atomic mass is 17.3. The molecule has 0 radical (unpaired) electrons. The van der Waals surface area contributed by atoms with Crippen LogP contribution in [-0.2, 0) is 232 Å². The van der Waals surface area contributed by atoms with Crippen LogP contribution < -0.4 is 21.3 Å². The van der Waals surface area contributed by atoms with Crippen LogP contribution in [0.5, 0.6) is 0 Å². The molecule has 0 aliphatic carbocycles. The maximum atomic E-state index is 14.2. The number of carbonyl (C=O) groups is 10. The standard InChI is InChI=1S/C86H129N13O39/c1-57(100)87-71-74(128-60(4)103)77(131-63(7)106)84(54-126-80(71)134-84)52-120-39-36-116-33-30-113-27-24-110-21-17-97-42-67(91-94-97)46-123-49-83(90-70(109)16-13-20-119-45-66-14-11-10-12-15-66,50-124-47-68-43-98(95-92-68)18-22-111-25-28-114-31-34-117-37-40-121-53-85-55-127-81(135-85)72(88-58(2)101)75(129-61(5)104)78(85)132-64(8)107)51-125-48-69-44-99(96-93-69)19-23-112-26-29-115-32-35-118-38-41-122-56-86-79(133-65(9)108)76(130-62(6)105)73(89-59(3)102)82(136-86)137-138-86/h10-12,14-15,42-44,71-82H,13,16-41,45-56H2,1-9H3,(H,87,100)(H,88,101)(H,89,102)(H,90,109)/t71-,72-,73-,74-,75-,76-,77-,78-,79-,80+,81+,82+,84+,85+,86+/m1/s1. The lowest BCUT2D eigenvalue weighted by atomic mass is 9.87. The third-order valence-corrected chi connectivity index (χ3v) is 21.1. The van der Waals surface area contributed by atoms with Gasteiger partial charge in [0.05, 0.1) is 250 Å². The van der Waals surface area contributed by atoms with E-state index in [1.807, 2.05) is 30.3 Å². The largest absolute Gasteiger partial charge is 0.456 e. The van der Waals surface area contributed by atoms with E-state index in [0.29, 0.717) is 56.4 Å². The van der Waals surface area contributed by atoms with E-state index < -0.39 is 150 Å². The Kier molecular flexibility index (Phi) is 46.4. The molecule has 6 bridgehead atoms. The van der Waals surface area contributed by atoms with Crippen molar-refractivity contribution in [1.82, 2.24) is 66.2 Å². The summed E-state index contributed by atoms with van der Waals surface area (Å²) in [5.41, 5.74) is -1.58. The number of aromatic nitrogens is 9. The van der Waals surface area contributed by atoms with E-state index in [0.717, 1.165) is 19.4 Å². The second-order valence-corrected chi connectivity index (χ2v) is 32.7. The number of nitrogens with one attached hydrogen (secondary N) is 4. The van der Waals surface area contributed by atoms with Crippen molar-refractivity contribution in [3.8, 4) is 0 Å². The Hall–Kier alpha value is -9.58. The van der Waals surface area contributed by atoms with Crippen molar-refractivity contribution in [3.63, 3.8) is 0 Å². The molecule has 1 aromatic carbocycles. The summed E-state index contributed by atoms with van der Waals surface area (Å²) in [6.45, 7) is 16.1. The SMILES string of the molecule is CC(=O)N[C@H]1[C@H]2OC[C@](COCCOCCOCCOCCn3cc(COCC(COCc4cn(CCOCCOCCOCCOC[C@@]56CO[C@@H](O5)[C@H](NC(C)=O)[C@@H](OC(C)=O)[C@H]6OC(C)=O)nn4)(COCc4cn(CCOCCOCCOCCOC[C@@]56OO[C@H](O5)[C@H](NC(C)=O)[C@@H](OC(C)=O)[C@H]6OC(C)=O)nn4)NC(=O)CCCOCc4ccccc4)nn3)(O2)[C@H](OC(C)=O)[C@@H]1OC(C)=O. The number of rotatable bonds is 70. The molecule has 6 saturated heterocycles. The van der Waals surface area contributed by atoms with Crippen LogP contribution >= 0.6 is 0 Å². The Bertz CT molecular complexity index is 4010. The van der Waals surface area contributed by atoms with Crippen molar-refractivity contribution >= 4 is 59.4 Å². The zero-order valence-corrected chi connectivity index (χ0v) is 79.1. The quantitative estimate of drug-likeness (QED) is 0.0158. The molecule has 0 saturated carbocycles. The average Bonchev–Trinajstić information content (AvgIpc) is 1.59. The number of fused-ring (bicyclic) bond motifs is 6. The molecule has 4 N–H and O–H groups in total. The van der Waals surface area contributed by atoms with Gasteiger partial charge in [0, 0.05) is 75.3 Å². The first kappa shape index (κ1) is 110. The van der Waals surface area contributed by atoms with Gasteiger partial charge < -0.3 is 149 Å². The third-order valence-electron chi connectivity index (χ3n) is 21.1. The maximum Gasteiger partial charge on any atom is 0.303 e. The molecule has 6 aliphatic rings. The summed E-state index contributed by atoms with van der Waals surface area (Å²) < 4.78 is 162. The molecular formula is C86H129N13O39. The number of hydrogen-bond donors (Lipinski definition) is 4. The van der Waals surface area contributed by atoms with Crippen molar-refractivity contribution in [1.29, 1.82) is 0 Å². The van der Waals surface area contributed by atoms with Gasteiger partial charge in [0.2, 0.25) is 29.9 Å². The van der Waals surface area contributed by atoms with Crippen LogP contribution in [-0.4, -0.2) is 399 Å². The molecule has 6 fully saturated rings. The molecule has 4 aromatic rings. The predicted molar refractivity (Wildman–Crippen MR) is 458 cm³/mol. The molecule has 0 unspecified atom stereocenters. The Labute approximate surface area is 795 Å². The van der Waals surface area contributed by atoms with Gasteiger partial charge in [-0.1, -0.05) is 46.0 Å². The van der Waals surface area contributed by atoms with Gasteiger partial charge in [-0.3, -0.25) is 47.9 Å². The number of ether oxygens (including phenoxy) is 27. The molecule has 4 amide bonds. The summed E-state index contributed by atoms with van der Waals surface area (Å²) >= 11 is 0. The maximum absolute atomic E-state index is 14.2. The molecule has 772 valence electrons. The fraction of sp³-hybridized carbons (Fsp3) is 0.744. The minimum atomic E-state index is -1.83. The van der Waals surface area contributed by atoms with Gasteiger partial charge >= 0.3 is 35.8 Å². The summed E-state index contributed by atoms with van der Waals surface area (Å²) in [5, 5.41) is 36.9. The second-order valence-electron chi connectivity index (χ2n) is 32.7. The van der Waals surface area contributed by atoms with E-state index in [4.69, 9.17) is 138 Å². The van der Waals surface area contributed by atoms with E-state index >= 15 is 0 Å². The number of hydrogen-bond acceptors (Lipinski definition) is 45. The van der Waals surface area contributed by atoms with Crippen LogP contribution in [0.2, 0.25) is 0 Å². The number of carbonyl (C=O) groups excluding carboxylic acids is 10. The summed E-state index contributed by atoms with van der Waals surface area (Å²) in [6, 6.07) is 6.72. The zero-order valence-electron chi connectivity index (χ0n) is 79.1. The molecule has 0 spiro atoms. The summed E-state index contributed by atoms with van der Waals surface area (Å²) in [7, 11) is 0. The summed E-state index contributed by atoms with van der Waals surface area (Å²) in [4.78, 5) is 134. The van der Waals surface area contributed by atoms with E-state index in [9.17, 15) is 47.9 Å². The van der Waals surface area contributed by atoms with Crippen LogP contribution in [0.15, 0.2) is 48.9 Å². The second kappa shape index (κ2) is 58.0. The summed E-state index contributed by atoms with van der Waals surface area (Å²) in [5.74, 6) is -7.58. The van der Waals surface area contributed by atoms with Gasteiger partial charge in [0.25, 0.3) is 5.79 Å². The van der Waals surface area contributed by atoms with Gasteiger partial charge in [-0.05, 0) is 12.0 Å². The van der Waals surface area contributed by atoms with Gasteiger partial charge in [-0.15, -0.1) is 15.3 Å². The monoisotopic (exact) mass is 1970 g/mol. The van der Waals surface area contributed by atoms with E-state index in [1.165, 1.54) is 48.5 Å². The van der Waals surface area contributed by atoms with E-state index in [1.54, 1.807) is 32.6 Å². The molecule has 52 nitrogen and oxygen atoms in total. The molecule has 52 heteroatoms. The van der Waals surface area contributed by atoms with Gasteiger partial charge in [-0.2, -0.15) is 9.78 Å². The van der Waals surface area contributed by atoms with Crippen LogP contribution in [0.3, 0.4) is 0 Å². The first-order valence-electron chi connectivity index (χ1n) is 45.3. The molecule has 9 heterocycles. The Morgan fingerprint density at radius 3 is 1.07 bits per heavy atom. The predicted octanol–water partition coefficient (Wildman–Crippen LogP) is -2.17. The highest BCUT2D eigenvalue weighted by Crippen LogP contribution is 2.44. The van der Waals surface area contributed by atoms with Crippen molar-refractivity contribution in [2.45, 2.75) is 217 Å². The lowest BCUT2D eigenvalue weighted by Gasteiger charge is -2.45. The van der Waals surface area contributed by atoms with Crippen LogP contribution in [0, 0.1) is 0 Å². The van der Waals surface area contributed by atoms with Gasteiger partial charge in [-0.25, -0.2) is 14.0 Å². The van der Waals surface area contributed by atoms with Gasteiger partial charge in [0.1, 0.15) is 47.4 Å². The number of esters is 6. The van der Waals surface area contributed by atoms with Crippen molar-refractivity contribution < 1.29 is 186 Å². The molecule has 6 aliphatic heterocycles. The minimum Gasteiger partial charge on any atom is -0.456 e. The highest BCUT2D eigenvalue weighted by Gasteiger charge is 2.68. The molecule has 3 aromatic heterocycles. The number of benzene rings is 1. The Balaban J connectivity index is 0.656. The average molecular weight is 1970 g/mol. The van der Waals surface area contributed by atoms with Crippen LogP contribution in [0.25, 0.3) is 0 Å². The molecular weight excluding hydrogens is 1840 g/mol. The topological polar surface area (TPSA) is 579 Å². The first-order valence-corrected chi connectivity index (χ1v) is 45.3. The Morgan fingerprint density at radius 1 is 0.370 bits per heavy atom. The van der Waals surface area contributed by atoms with Crippen molar-refractivity contribution in [3.05, 3.63) is 71.6 Å². The highest BCUT2D eigenvalue weighted by molar-refractivity contribution is 5.77. The summed E-state index contributed by atoms with van der Waals surface area (Å²) in [6.07, 6.45) is -4.73. The van der Waals surface area contributed by atoms with Crippen molar-refractivity contribution in [2.75, 3.05) is 198 Å². The van der Waals surface area contributed by atoms with E-state index in [2.05, 4.69) is 52.2 Å². The lowest BCUT2D eigenvalue weighted by Crippen LogP contribution is -2.68. The minimum absolute atomic E-state index is 0.0350. The lowest BCUT2D eigenvalue weighted by molar-refractivity contribution is -0.359.